The van der Waals surface area contributed by atoms with Crippen LogP contribution in [0.15, 0.2) is 48.5 Å². The molecule has 0 aliphatic carbocycles. The van der Waals surface area contributed by atoms with Gasteiger partial charge in [0.05, 0.1) is 0 Å². The van der Waals surface area contributed by atoms with Gasteiger partial charge in [0.2, 0.25) is 5.91 Å². The minimum absolute atomic E-state index is 0.0743. The molecular weight excluding hydrogens is 310 g/mol. The van der Waals surface area contributed by atoms with E-state index in [0.29, 0.717) is 6.54 Å². The Morgan fingerprint density at radius 1 is 1.04 bits per heavy atom. The number of nitriles is 1. The molecule has 0 unspecified atom stereocenters. The number of fused-ring (bicyclic) bond motifs is 1. The van der Waals surface area contributed by atoms with E-state index in [0.717, 1.165) is 37.9 Å². The monoisotopic (exact) mass is 331 g/mol. The molecule has 2 aromatic rings. The van der Waals surface area contributed by atoms with Gasteiger partial charge < -0.3 is 4.90 Å². The molecule has 0 N–H and O–H groups in total. The van der Waals surface area contributed by atoms with Crippen LogP contribution in [0.2, 0.25) is 0 Å². The lowest BCUT2D eigenvalue weighted by molar-refractivity contribution is -0.122. The zero-order valence-electron chi connectivity index (χ0n) is 14.2. The average Bonchev–Trinajstić information content (AvgIpc) is 3.16. The van der Waals surface area contributed by atoms with Crippen molar-refractivity contribution in [2.45, 2.75) is 31.7 Å². The molecule has 0 bridgehead atoms. The summed E-state index contributed by atoms with van der Waals surface area (Å²) in [5.41, 5.74) is 4.66. The predicted molar refractivity (Wildman–Crippen MR) is 97.9 cm³/mol. The molecule has 1 saturated heterocycles. The fourth-order valence-electron chi connectivity index (χ4n) is 4.06. The molecule has 4 nitrogen and oxygen atoms in total. The van der Waals surface area contributed by atoms with Gasteiger partial charge in [0.25, 0.3) is 0 Å². The highest BCUT2D eigenvalue weighted by Gasteiger charge is 2.35. The van der Waals surface area contributed by atoms with Gasteiger partial charge in [0, 0.05) is 18.8 Å². The fraction of sp³-hybridized carbons (Fsp3) is 0.333. The maximum absolute atomic E-state index is 13.1. The van der Waals surface area contributed by atoms with Gasteiger partial charge in [-0.2, -0.15) is 5.26 Å². The van der Waals surface area contributed by atoms with Crippen LogP contribution in [-0.4, -0.2) is 29.9 Å². The Balaban J connectivity index is 1.71. The van der Waals surface area contributed by atoms with E-state index in [1.807, 2.05) is 35.2 Å². The molecule has 4 heteroatoms. The Kier molecular flexibility index (Phi) is 4.15. The molecule has 1 fully saturated rings. The lowest BCUT2D eigenvalue weighted by Crippen LogP contribution is -2.46. The third kappa shape index (κ3) is 2.76. The highest BCUT2D eigenvalue weighted by atomic mass is 16.2. The summed E-state index contributed by atoms with van der Waals surface area (Å²) in [4.78, 5) is 16.7. The maximum atomic E-state index is 13.1. The Morgan fingerprint density at radius 2 is 1.88 bits per heavy atom. The first kappa shape index (κ1) is 15.7. The summed E-state index contributed by atoms with van der Waals surface area (Å²) in [6.45, 7) is 1.43. The van der Waals surface area contributed by atoms with E-state index in [4.69, 9.17) is 0 Å². The third-order valence-corrected chi connectivity index (χ3v) is 5.27. The third-order valence-electron chi connectivity index (χ3n) is 5.27. The number of hydrogen-bond donors (Lipinski definition) is 0. The zero-order valence-corrected chi connectivity index (χ0v) is 14.2. The number of nitrogens with zero attached hydrogens (tertiary/aromatic N) is 3. The number of benzene rings is 2. The first-order valence-corrected chi connectivity index (χ1v) is 8.94. The maximum Gasteiger partial charge on any atom is 0.250 e. The van der Waals surface area contributed by atoms with Crippen LogP contribution in [0.1, 0.15) is 24.8 Å². The summed E-state index contributed by atoms with van der Waals surface area (Å²) in [6.07, 6.45) is 5.81. The minimum Gasteiger partial charge on any atom is -0.310 e. The van der Waals surface area contributed by atoms with Crippen molar-refractivity contribution in [2.24, 2.45) is 0 Å². The average molecular weight is 331 g/mol. The predicted octanol–water partition coefficient (Wildman–Crippen LogP) is 3.58. The SMILES string of the molecule is N#CN1CCC[C@H]1C(=O)N1CCCc2c(-c3ccccc3)cccc21. The van der Waals surface area contributed by atoms with Gasteiger partial charge in [0.1, 0.15) is 6.04 Å². The van der Waals surface area contributed by atoms with Crippen LogP contribution in [0, 0.1) is 11.5 Å². The molecule has 1 amide bonds. The Morgan fingerprint density at radius 3 is 2.68 bits per heavy atom. The summed E-state index contributed by atoms with van der Waals surface area (Å²) < 4.78 is 0. The van der Waals surface area contributed by atoms with Crippen LogP contribution in [0.5, 0.6) is 0 Å². The molecule has 2 heterocycles. The van der Waals surface area contributed by atoms with Gasteiger partial charge in [-0.05, 0) is 48.4 Å². The zero-order chi connectivity index (χ0) is 17.2. The van der Waals surface area contributed by atoms with E-state index in [1.54, 1.807) is 4.90 Å². The highest BCUT2D eigenvalue weighted by molar-refractivity contribution is 5.99. The highest BCUT2D eigenvalue weighted by Crippen LogP contribution is 2.36. The number of carbonyl (C=O) groups excluding carboxylic acids is 1. The first-order valence-electron chi connectivity index (χ1n) is 8.94. The lowest BCUT2D eigenvalue weighted by Gasteiger charge is -2.33. The molecule has 0 saturated carbocycles. The van der Waals surface area contributed by atoms with E-state index < -0.39 is 0 Å². The number of amides is 1. The number of anilines is 1. The van der Waals surface area contributed by atoms with Gasteiger partial charge in [-0.15, -0.1) is 0 Å². The molecular formula is C21H21N3O. The molecule has 2 aromatic carbocycles. The van der Waals surface area contributed by atoms with Crippen LogP contribution in [0.4, 0.5) is 5.69 Å². The smallest absolute Gasteiger partial charge is 0.250 e. The minimum atomic E-state index is -0.295. The standard InChI is InChI=1S/C21H21N3O/c22-15-23-13-6-12-20(23)21(25)24-14-5-10-18-17(9-4-11-19(18)24)16-7-2-1-3-8-16/h1-4,7-9,11,20H,5-6,10,12-14H2/t20-/m0/s1. The molecule has 4 rings (SSSR count). The van der Waals surface area contributed by atoms with E-state index >= 15 is 0 Å². The lowest BCUT2D eigenvalue weighted by atomic mass is 9.91. The van der Waals surface area contributed by atoms with E-state index in [2.05, 4.69) is 24.4 Å². The van der Waals surface area contributed by atoms with Gasteiger partial charge in [-0.1, -0.05) is 42.5 Å². The van der Waals surface area contributed by atoms with Crippen LogP contribution >= 0.6 is 0 Å². The Bertz CT molecular complexity index is 825. The molecule has 2 aliphatic rings. The Hall–Kier alpha value is -2.80. The largest absolute Gasteiger partial charge is 0.310 e. The molecule has 126 valence electrons. The number of rotatable bonds is 2. The van der Waals surface area contributed by atoms with Gasteiger partial charge >= 0.3 is 0 Å². The summed E-state index contributed by atoms with van der Waals surface area (Å²) in [6, 6.07) is 16.3. The van der Waals surface area contributed by atoms with Crippen molar-refractivity contribution < 1.29 is 4.79 Å². The number of likely N-dealkylation sites (tertiary alicyclic amines) is 1. The van der Waals surface area contributed by atoms with Crippen LogP contribution in [0.25, 0.3) is 11.1 Å². The summed E-state index contributed by atoms with van der Waals surface area (Å²) >= 11 is 0. The second kappa shape index (κ2) is 6.60. The molecule has 2 aliphatic heterocycles. The summed E-state index contributed by atoms with van der Waals surface area (Å²) in [7, 11) is 0. The molecule has 0 spiro atoms. The molecule has 0 radical (unpaired) electrons. The first-order chi connectivity index (χ1) is 12.3. The van der Waals surface area contributed by atoms with Crippen molar-refractivity contribution in [2.75, 3.05) is 18.0 Å². The number of carbonyl (C=O) groups is 1. The normalized spacial score (nSPS) is 19.4. The van der Waals surface area contributed by atoms with Crippen LogP contribution in [-0.2, 0) is 11.2 Å². The van der Waals surface area contributed by atoms with Crippen molar-refractivity contribution in [1.82, 2.24) is 4.90 Å². The van der Waals surface area contributed by atoms with Crippen molar-refractivity contribution in [1.29, 1.82) is 5.26 Å². The Labute approximate surface area is 148 Å². The van der Waals surface area contributed by atoms with Crippen LogP contribution in [0.3, 0.4) is 0 Å². The van der Waals surface area contributed by atoms with E-state index in [1.165, 1.54) is 16.7 Å². The van der Waals surface area contributed by atoms with Crippen molar-refractivity contribution in [3.63, 3.8) is 0 Å². The van der Waals surface area contributed by atoms with E-state index in [-0.39, 0.29) is 11.9 Å². The molecule has 0 aromatic heterocycles. The van der Waals surface area contributed by atoms with Gasteiger partial charge in [0.15, 0.2) is 6.19 Å². The van der Waals surface area contributed by atoms with Gasteiger partial charge in [-0.25, -0.2) is 0 Å². The topological polar surface area (TPSA) is 47.3 Å². The number of hydrogen-bond acceptors (Lipinski definition) is 3. The second-order valence-corrected chi connectivity index (χ2v) is 6.71. The van der Waals surface area contributed by atoms with Crippen LogP contribution < -0.4 is 4.90 Å². The summed E-state index contributed by atoms with van der Waals surface area (Å²) in [5.74, 6) is 0.0743. The fourth-order valence-corrected chi connectivity index (χ4v) is 4.06. The molecule has 25 heavy (non-hydrogen) atoms. The quantitative estimate of drug-likeness (QED) is 0.790. The molecule has 1 atom stereocenters. The summed E-state index contributed by atoms with van der Waals surface area (Å²) in [5, 5.41) is 9.28. The second-order valence-electron chi connectivity index (χ2n) is 6.71. The van der Waals surface area contributed by atoms with Crippen molar-refractivity contribution in [3.05, 3.63) is 54.1 Å². The van der Waals surface area contributed by atoms with Crippen molar-refractivity contribution >= 4 is 11.6 Å². The van der Waals surface area contributed by atoms with Crippen molar-refractivity contribution in [3.8, 4) is 17.3 Å². The van der Waals surface area contributed by atoms with E-state index in [9.17, 15) is 10.1 Å². The van der Waals surface area contributed by atoms with Gasteiger partial charge in [-0.3, -0.25) is 9.69 Å².